The van der Waals surface area contributed by atoms with E-state index in [1.165, 1.54) is 0 Å². The summed E-state index contributed by atoms with van der Waals surface area (Å²) in [6.45, 7) is 5.86. The standard InChI is InChI=1S/C14H21N3O3S/c1-13(2,3)10-9(21-17-16-10)11(18)15-14(12(19)20)7-5-4-6-8-14/h4-8H2,1-3H3,(H,15,18)(H,19,20). The molecule has 0 aromatic carbocycles. The Morgan fingerprint density at radius 2 is 1.86 bits per heavy atom. The van der Waals surface area contributed by atoms with Crippen molar-refractivity contribution in [1.29, 1.82) is 0 Å². The lowest BCUT2D eigenvalue weighted by Gasteiger charge is -2.34. The zero-order valence-electron chi connectivity index (χ0n) is 12.6. The van der Waals surface area contributed by atoms with Gasteiger partial charge in [0.15, 0.2) is 0 Å². The molecule has 0 spiro atoms. The molecule has 0 atom stereocenters. The molecule has 0 radical (unpaired) electrons. The number of hydrogen-bond donors (Lipinski definition) is 2. The molecule has 0 saturated heterocycles. The number of rotatable bonds is 3. The third-order valence-electron chi connectivity index (χ3n) is 3.87. The lowest BCUT2D eigenvalue weighted by Crippen LogP contribution is -2.55. The summed E-state index contributed by atoms with van der Waals surface area (Å²) in [7, 11) is 0. The van der Waals surface area contributed by atoms with Crippen molar-refractivity contribution in [2.24, 2.45) is 0 Å². The van der Waals surface area contributed by atoms with Crippen LogP contribution >= 0.6 is 11.5 Å². The first-order valence-corrected chi connectivity index (χ1v) is 7.92. The second kappa shape index (κ2) is 5.71. The highest BCUT2D eigenvalue weighted by atomic mass is 32.1. The average molecular weight is 311 g/mol. The third-order valence-corrected chi connectivity index (χ3v) is 4.60. The molecule has 7 heteroatoms. The van der Waals surface area contributed by atoms with Gasteiger partial charge in [-0.2, -0.15) is 0 Å². The summed E-state index contributed by atoms with van der Waals surface area (Å²) < 4.78 is 3.85. The van der Waals surface area contributed by atoms with Crippen LogP contribution in [0.2, 0.25) is 0 Å². The number of carbonyl (C=O) groups is 2. The molecular weight excluding hydrogens is 290 g/mol. The molecule has 1 fully saturated rings. The minimum atomic E-state index is -1.14. The summed E-state index contributed by atoms with van der Waals surface area (Å²) in [5.74, 6) is -1.33. The number of nitrogens with one attached hydrogen (secondary N) is 1. The van der Waals surface area contributed by atoms with Crippen molar-refractivity contribution in [2.45, 2.75) is 63.8 Å². The molecule has 1 aliphatic rings. The van der Waals surface area contributed by atoms with E-state index in [1.54, 1.807) is 0 Å². The number of carboxylic acids is 1. The van der Waals surface area contributed by atoms with E-state index in [-0.39, 0.29) is 11.3 Å². The summed E-state index contributed by atoms with van der Waals surface area (Å²) in [6, 6.07) is 0. The summed E-state index contributed by atoms with van der Waals surface area (Å²) in [6.07, 6.45) is 3.61. The molecule has 2 N–H and O–H groups in total. The van der Waals surface area contributed by atoms with Crippen molar-refractivity contribution in [1.82, 2.24) is 14.9 Å². The molecule has 1 aromatic heterocycles. The molecule has 2 rings (SSSR count). The highest BCUT2D eigenvalue weighted by Crippen LogP contribution is 2.31. The van der Waals surface area contributed by atoms with Crippen LogP contribution in [0.1, 0.15) is 68.2 Å². The van der Waals surface area contributed by atoms with Gasteiger partial charge in [0, 0.05) is 5.41 Å². The van der Waals surface area contributed by atoms with Gasteiger partial charge in [-0.15, -0.1) is 5.10 Å². The van der Waals surface area contributed by atoms with Gasteiger partial charge in [0.2, 0.25) is 0 Å². The van der Waals surface area contributed by atoms with E-state index in [1.807, 2.05) is 20.8 Å². The molecule has 6 nitrogen and oxygen atoms in total. The average Bonchev–Trinajstić information content (AvgIpc) is 2.88. The fourth-order valence-corrected chi connectivity index (χ4v) is 3.42. The largest absolute Gasteiger partial charge is 0.480 e. The molecule has 21 heavy (non-hydrogen) atoms. The second-order valence-electron chi connectivity index (χ2n) is 6.60. The third kappa shape index (κ3) is 3.23. The Hall–Kier alpha value is -1.50. The quantitative estimate of drug-likeness (QED) is 0.894. The predicted molar refractivity (Wildman–Crippen MR) is 79.5 cm³/mol. The van der Waals surface area contributed by atoms with Crippen molar-refractivity contribution in [3.8, 4) is 0 Å². The molecule has 116 valence electrons. The van der Waals surface area contributed by atoms with Crippen LogP contribution in [-0.4, -0.2) is 32.1 Å². The Labute approximate surface area is 128 Å². The van der Waals surface area contributed by atoms with Gasteiger partial charge in [0.25, 0.3) is 5.91 Å². The molecule has 1 amide bonds. The van der Waals surface area contributed by atoms with Crippen molar-refractivity contribution in [2.75, 3.05) is 0 Å². The van der Waals surface area contributed by atoms with E-state index in [2.05, 4.69) is 14.9 Å². The minimum absolute atomic E-state index is 0.303. The fraction of sp³-hybridized carbons (Fsp3) is 0.714. The van der Waals surface area contributed by atoms with Crippen LogP contribution in [0, 0.1) is 0 Å². The van der Waals surface area contributed by atoms with Gasteiger partial charge in [0.05, 0.1) is 5.69 Å². The number of carboxylic acid groups (broad SMARTS) is 1. The van der Waals surface area contributed by atoms with E-state index < -0.39 is 11.5 Å². The Kier molecular flexibility index (Phi) is 4.32. The maximum atomic E-state index is 12.5. The number of nitrogens with zero attached hydrogens (tertiary/aromatic N) is 2. The number of hydrogen-bond acceptors (Lipinski definition) is 5. The normalized spacial score (nSPS) is 18.2. The van der Waals surface area contributed by atoms with Gasteiger partial charge < -0.3 is 10.4 Å². The Bertz CT molecular complexity index is 542. The summed E-state index contributed by atoms with van der Waals surface area (Å²) in [5, 5.41) is 16.3. The van der Waals surface area contributed by atoms with Crippen LogP contribution in [0.15, 0.2) is 0 Å². The van der Waals surface area contributed by atoms with Crippen LogP contribution < -0.4 is 5.32 Å². The number of carbonyl (C=O) groups excluding carboxylic acids is 1. The van der Waals surface area contributed by atoms with Crippen molar-refractivity contribution in [3.05, 3.63) is 10.6 Å². The van der Waals surface area contributed by atoms with E-state index in [0.29, 0.717) is 23.4 Å². The number of amides is 1. The molecule has 0 aliphatic heterocycles. The van der Waals surface area contributed by atoms with E-state index in [0.717, 1.165) is 30.8 Å². The van der Waals surface area contributed by atoms with Gasteiger partial charge in [-0.3, -0.25) is 4.79 Å². The molecule has 0 unspecified atom stereocenters. The van der Waals surface area contributed by atoms with Gasteiger partial charge in [0.1, 0.15) is 10.4 Å². The maximum Gasteiger partial charge on any atom is 0.329 e. The van der Waals surface area contributed by atoms with Crippen molar-refractivity contribution >= 4 is 23.4 Å². The van der Waals surface area contributed by atoms with Crippen molar-refractivity contribution < 1.29 is 14.7 Å². The highest BCUT2D eigenvalue weighted by Gasteiger charge is 2.42. The van der Waals surface area contributed by atoms with E-state index >= 15 is 0 Å². The monoisotopic (exact) mass is 311 g/mol. The van der Waals surface area contributed by atoms with E-state index in [4.69, 9.17) is 0 Å². The van der Waals surface area contributed by atoms with Crippen LogP contribution in [0.3, 0.4) is 0 Å². The first-order valence-electron chi connectivity index (χ1n) is 7.15. The van der Waals surface area contributed by atoms with Crippen LogP contribution in [-0.2, 0) is 10.2 Å². The van der Waals surface area contributed by atoms with Crippen LogP contribution in [0.4, 0.5) is 0 Å². The predicted octanol–water partition coefficient (Wildman–Crippen LogP) is 2.35. The van der Waals surface area contributed by atoms with E-state index in [9.17, 15) is 14.7 Å². The fourth-order valence-electron chi connectivity index (χ4n) is 2.65. The van der Waals surface area contributed by atoms with Crippen LogP contribution in [0.25, 0.3) is 0 Å². The van der Waals surface area contributed by atoms with Gasteiger partial charge in [-0.25, -0.2) is 4.79 Å². The van der Waals surface area contributed by atoms with Gasteiger partial charge >= 0.3 is 5.97 Å². The van der Waals surface area contributed by atoms with Gasteiger partial charge in [-0.1, -0.05) is 44.5 Å². The summed E-state index contributed by atoms with van der Waals surface area (Å²) in [4.78, 5) is 24.5. The molecule has 1 aromatic rings. The van der Waals surface area contributed by atoms with Crippen LogP contribution in [0.5, 0.6) is 0 Å². The Morgan fingerprint density at radius 1 is 1.24 bits per heavy atom. The number of aromatic nitrogens is 2. The SMILES string of the molecule is CC(C)(C)c1nnsc1C(=O)NC1(C(=O)O)CCCCC1. The second-order valence-corrected chi connectivity index (χ2v) is 7.36. The zero-order valence-corrected chi connectivity index (χ0v) is 13.4. The Morgan fingerprint density at radius 3 is 2.38 bits per heavy atom. The number of aliphatic carboxylic acids is 1. The minimum Gasteiger partial charge on any atom is -0.480 e. The lowest BCUT2D eigenvalue weighted by atomic mass is 9.81. The zero-order chi connectivity index (χ0) is 15.7. The summed E-state index contributed by atoms with van der Waals surface area (Å²) in [5.41, 5.74) is -0.835. The molecule has 1 aliphatic carbocycles. The lowest BCUT2D eigenvalue weighted by molar-refractivity contribution is -0.145. The highest BCUT2D eigenvalue weighted by molar-refractivity contribution is 7.08. The molecular formula is C14H21N3O3S. The first-order chi connectivity index (χ1) is 9.76. The topological polar surface area (TPSA) is 92.2 Å². The smallest absolute Gasteiger partial charge is 0.329 e. The summed E-state index contributed by atoms with van der Waals surface area (Å²) >= 11 is 1.02. The molecule has 1 heterocycles. The Balaban J connectivity index is 2.24. The first kappa shape index (κ1) is 15.9. The van der Waals surface area contributed by atoms with Crippen molar-refractivity contribution in [3.63, 3.8) is 0 Å². The maximum absolute atomic E-state index is 12.5. The molecule has 1 saturated carbocycles. The molecule has 0 bridgehead atoms. The van der Waals surface area contributed by atoms with Gasteiger partial charge in [-0.05, 0) is 24.4 Å².